The number of carbonyl (C=O) groups is 1. The molecule has 0 fully saturated rings. The third kappa shape index (κ3) is 4.87. The summed E-state index contributed by atoms with van der Waals surface area (Å²) in [7, 11) is -0.705. The second-order valence-corrected chi connectivity index (χ2v) is 8.33. The molecule has 0 saturated carbocycles. The van der Waals surface area contributed by atoms with E-state index in [0.29, 0.717) is 0 Å². The Kier molecular flexibility index (Phi) is 6.62. The molecule has 0 aliphatic heterocycles. The first-order valence-corrected chi connectivity index (χ1v) is 10.2. The number of hydrogen-bond acceptors (Lipinski definition) is 4. The number of hydrogen-bond donors (Lipinski definition) is 1. The van der Waals surface area contributed by atoms with Gasteiger partial charge < -0.3 is 9.64 Å². The summed E-state index contributed by atoms with van der Waals surface area (Å²) in [5.74, 6) is -0.0755. The molecule has 0 aliphatic rings. The fourth-order valence-corrected chi connectivity index (χ4v) is 4.17. The van der Waals surface area contributed by atoms with Crippen molar-refractivity contribution in [1.82, 2.24) is 9.62 Å². The summed E-state index contributed by atoms with van der Waals surface area (Å²) >= 11 is 0. The van der Waals surface area contributed by atoms with Gasteiger partial charge in [-0.3, -0.25) is 4.79 Å². The summed E-state index contributed by atoms with van der Waals surface area (Å²) in [6.45, 7) is 5.39. The van der Waals surface area contributed by atoms with Gasteiger partial charge in [0, 0.05) is 18.7 Å². The molecule has 0 aromatic heterocycles. The van der Waals surface area contributed by atoms with Gasteiger partial charge in [-0.1, -0.05) is 30.3 Å². The smallest absolute Gasteiger partial charge is 0.254 e. The van der Waals surface area contributed by atoms with Crippen molar-refractivity contribution in [2.24, 2.45) is 0 Å². The van der Waals surface area contributed by atoms with Gasteiger partial charge in [0.15, 0.2) is 0 Å². The number of amides is 1. The molecule has 2 aromatic carbocycles. The van der Waals surface area contributed by atoms with Gasteiger partial charge in [0.05, 0.1) is 13.2 Å². The molecule has 0 heterocycles. The minimum Gasteiger partial charge on any atom is -0.495 e. The molecule has 0 spiro atoms. The molecule has 1 unspecified atom stereocenters. The molecule has 0 bridgehead atoms. The SMILES string of the molecule is COc1ccc(C(=O)N(C)C(C)c2ccccc2)cc1S(=O)(=O)NC(C)C. The number of benzene rings is 2. The van der Waals surface area contributed by atoms with Gasteiger partial charge in [0.1, 0.15) is 10.6 Å². The fraction of sp³-hybridized carbons (Fsp3) is 0.350. The van der Waals surface area contributed by atoms with Gasteiger partial charge in [-0.05, 0) is 44.5 Å². The van der Waals surface area contributed by atoms with E-state index in [1.165, 1.54) is 19.2 Å². The van der Waals surface area contributed by atoms with Crippen molar-refractivity contribution in [1.29, 1.82) is 0 Å². The van der Waals surface area contributed by atoms with E-state index in [-0.39, 0.29) is 34.2 Å². The third-order valence-corrected chi connectivity index (χ3v) is 5.95. The first-order valence-electron chi connectivity index (χ1n) is 8.70. The molecule has 146 valence electrons. The van der Waals surface area contributed by atoms with E-state index in [1.54, 1.807) is 31.9 Å². The Balaban J connectivity index is 2.38. The largest absolute Gasteiger partial charge is 0.495 e. The first kappa shape index (κ1) is 20.9. The number of nitrogens with zero attached hydrogens (tertiary/aromatic N) is 1. The number of ether oxygens (including phenoxy) is 1. The molecule has 7 heteroatoms. The van der Waals surface area contributed by atoms with Gasteiger partial charge in [0.2, 0.25) is 10.0 Å². The minimum absolute atomic E-state index is 0.0506. The van der Waals surface area contributed by atoms with Gasteiger partial charge in [-0.25, -0.2) is 13.1 Å². The van der Waals surface area contributed by atoms with Crippen molar-refractivity contribution in [2.45, 2.75) is 37.8 Å². The minimum atomic E-state index is -3.80. The van der Waals surface area contributed by atoms with Crippen molar-refractivity contribution in [3.63, 3.8) is 0 Å². The van der Waals surface area contributed by atoms with Crippen molar-refractivity contribution >= 4 is 15.9 Å². The zero-order chi connectivity index (χ0) is 20.2. The highest BCUT2D eigenvalue weighted by Crippen LogP contribution is 2.27. The highest BCUT2D eigenvalue weighted by atomic mass is 32.2. The molecule has 1 N–H and O–H groups in total. The Morgan fingerprint density at radius 3 is 2.26 bits per heavy atom. The maximum absolute atomic E-state index is 12.9. The molecular weight excluding hydrogens is 364 g/mol. The summed E-state index contributed by atoms with van der Waals surface area (Å²) in [6.07, 6.45) is 0. The molecular formula is C20H26N2O4S. The van der Waals surface area contributed by atoms with Crippen molar-refractivity contribution in [3.8, 4) is 5.75 Å². The molecule has 0 radical (unpaired) electrons. The van der Waals surface area contributed by atoms with Gasteiger partial charge in [0.25, 0.3) is 5.91 Å². The summed E-state index contributed by atoms with van der Waals surface area (Å²) in [6, 6.07) is 13.7. The van der Waals surface area contributed by atoms with Crippen LogP contribution < -0.4 is 9.46 Å². The third-order valence-electron chi connectivity index (χ3n) is 4.27. The predicted molar refractivity (Wildman–Crippen MR) is 105 cm³/mol. The molecule has 0 aliphatic carbocycles. The standard InChI is InChI=1S/C20H26N2O4S/c1-14(2)21-27(24,25)19-13-17(11-12-18(19)26-5)20(23)22(4)15(3)16-9-7-6-8-10-16/h6-15,21H,1-5H3. The second kappa shape index (κ2) is 8.54. The normalized spacial score (nSPS) is 12.7. The van der Waals surface area contributed by atoms with Crippen LogP contribution in [-0.4, -0.2) is 39.4 Å². The zero-order valence-electron chi connectivity index (χ0n) is 16.3. The summed E-state index contributed by atoms with van der Waals surface area (Å²) < 4.78 is 32.9. The topological polar surface area (TPSA) is 75.7 Å². The van der Waals surface area contributed by atoms with Crippen molar-refractivity contribution < 1.29 is 17.9 Å². The van der Waals surface area contributed by atoms with Crippen LogP contribution in [0.2, 0.25) is 0 Å². The van der Waals surface area contributed by atoms with E-state index in [0.717, 1.165) is 5.56 Å². The van der Waals surface area contributed by atoms with E-state index >= 15 is 0 Å². The van der Waals surface area contributed by atoms with Crippen LogP contribution in [0, 0.1) is 0 Å². The number of carbonyl (C=O) groups excluding carboxylic acids is 1. The number of rotatable bonds is 7. The van der Waals surface area contributed by atoms with E-state index in [9.17, 15) is 13.2 Å². The van der Waals surface area contributed by atoms with E-state index in [2.05, 4.69) is 4.72 Å². The molecule has 6 nitrogen and oxygen atoms in total. The Hall–Kier alpha value is -2.38. The zero-order valence-corrected chi connectivity index (χ0v) is 17.1. The lowest BCUT2D eigenvalue weighted by atomic mass is 10.1. The summed E-state index contributed by atoms with van der Waals surface area (Å²) in [5, 5.41) is 0. The van der Waals surface area contributed by atoms with Gasteiger partial charge in [-0.15, -0.1) is 0 Å². The van der Waals surface area contributed by atoms with Crippen molar-refractivity contribution in [2.75, 3.05) is 14.2 Å². The second-order valence-electron chi connectivity index (χ2n) is 6.64. The van der Waals surface area contributed by atoms with Gasteiger partial charge in [-0.2, -0.15) is 0 Å². The van der Waals surface area contributed by atoms with E-state index < -0.39 is 10.0 Å². The lowest BCUT2D eigenvalue weighted by Crippen LogP contribution is -2.32. The van der Waals surface area contributed by atoms with Crippen LogP contribution in [0.5, 0.6) is 5.75 Å². The Labute approximate surface area is 161 Å². The highest BCUT2D eigenvalue weighted by molar-refractivity contribution is 7.89. The fourth-order valence-electron chi connectivity index (χ4n) is 2.73. The molecule has 0 saturated heterocycles. The monoisotopic (exact) mass is 390 g/mol. The molecule has 2 aromatic rings. The number of methoxy groups -OCH3 is 1. The summed E-state index contributed by atoms with van der Waals surface area (Å²) in [5.41, 5.74) is 1.28. The molecule has 27 heavy (non-hydrogen) atoms. The molecule has 2 rings (SSSR count). The van der Waals surface area contributed by atoms with E-state index in [4.69, 9.17) is 4.74 Å². The lowest BCUT2D eigenvalue weighted by Gasteiger charge is -2.26. The van der Waals surface area contributed by atoms with Crippen LogP contribution in [0.15, 0.2) is 53.4 Å². The van der Waals surface area contributed by atoms with Crippen LogP contribution in [0.4, 0.5) is 0 Å². The Bertz CT molecular complexity index is 895. The maximum atomic E-state index is 12.9. The summed E-state index contributed by atoms with van der Waals surface area (Å²) in [4.78, 5) is 14.5. The average molecular weight is 391 g/mol. The average Bonchev–Trinajstić information content (AvgIpc) is 2.65. The van der Waals surface area contributed by atoms with Crippen LogP contribution in [0.1, 0.15) is 42.7 Å². The lowest BCUT2D eigenvalue weighted by molar-refractivity contribution is 0.0742. The Morgan fingerprint density at radius 1 is 1.07 bits per heavy atom. The van der Waals surface area contributed by atoms with Gasteiger partial charge >= 0.3 is 0 Å². The quantitative estimate of drug-likeness (QED) is 0.788. The molecule has 1 amide bonds. The van der Waals surface area contributed by atoms with Crippen LogP contribution in [-0.2, 0) is 10.0 Å². The van der Waals surface area contributed by atoms with Crippen molar-refractivity contribution in [3.05, 3.63) is 59.7 Å². The maximum Gasteiger partial charge on any atom is 0.254 e. The predicted octanol–water partition coefficient (Wildman–Crippen LogP) is 3.22. The van der Waals surface area contributed by atoms with Crippen LogP contribution >= 0.6 is 0 Å². The first-order chi connectivity index (χ1) is 12.7. The Morgan fingerprint density at radius 2 is 1.70 bits per heavy atom. The van der Waals surface area contributed by atoms with Crippen LogP contribution in [0.3, 0.4) is 0 Å². The highest BCUT2D eigenvalue weighted by Gasteiger charge is 2.25. The number of nitrogens with one attached hydrogen (secondary N) is 1. The number of sulfonamides is 1. The van der Waals surface area contributed by atoms with E-state index in [1.807, 2.05) is 37.3 Å². The molecule has 1 atom stereocenters. The van der Waals surface area contributed by atoms with Crippen LogP contribution in [0.25, 0.3) is 0 Å².